The molecule has 0 saturated heterocycles. The van der Waals surface area contributed by atoms with Crippen LogP contribution in [0.1, 0.15) is 18.4 Å². The maximum atomic E-state index is 12.2. The lowest BCUT2D eigenvalue weighted by Crippen LogP contribution is -2.08. The van der Waals surface area contributed by atoms with Crippen LogP contribution in [0.2, 0.25) is 0 Å². The molecule has 0 aromatic carbocycles. The first-order valence-electron chi connectivity index (χ1n) is 4.47. The van der Waals surface area contributed by atoms with Gasteiger partial charge in [0, 0.05) is 5.25 Å². The van der Waals surface area contributed by atoms with Gasteiger partial charge in [-0.3, -0.25) is 4.79 Å². The second-order valence-corrected chi connectivity index (χ2v) is 5.74. The van der Waals surface area contributed by atoms with Crippen LogP contribution in [-0.4, -0.2) is 28.5 Å². The molecule has 1 unspecified atom stereocenters. The van der Waals surface area contributed by atoms with Gasteiger partial charge in [0.1, 0.15) is 0 Å². The van der Waals surface area contributed by atoms with Crippen molar-refractivity contribution >= 4 is 29.1 Å². The van der Waals surface area contributed by atoms with E-state index in [2.05, 4.69) is 14.9 Å². The smallest absolute Gasteiger partial charge is 0.445 e. The van der Waals surface area contributed by atoms with E-state index in [9.17, 15) is 18.0 Å². The largest absolute Gasteiger partial charge is 0.469 e. The Morgan fingerprint density at radius 3 is 2.65 bits per heavy atom. The lowest BCUT2D eigenvalue weighted by atomic mass is 10.3. The molecule has 0 saturated carbocycles. The molecule has 0 aliphatic heterocycles. The first-order valence-corrected chi connectivity index (χ1v) is 6.16. The molecular weight excluding hydrogens is 277 g/mol. The summed E-state index contributed by atoms with van der Waals surface area (Å²) in [5.74, 6) is -0.412. The highest BCUT2D eigenvalue weighted by Gasteiger charge is 2.35. The molecule has 96 valence electrons. The average molecular weight is 286 g/mol. The molecule has 4 nitrogen and oxygen atoms in total. The van der Waals surface area contributed by atoms with E-state index >= 15 is 0 Å². The molecule has 1 aromatic rings. The van der Waals surface area contributed by atoms with Gasteiger partial charge < -0.3 is 4.74 Å². The highest BCUT2D eigenvalue weighted by Crippen LogP contribution is 2.36. The van der Waals surface area contributed by atoms with E-state index in [1.54, 1.807) is 6.92 Å². The number of alkyl halides is 3. The Labute approximate surface area is 104 Å². The van der Waals surface area contributed by atoms with Gasteiger partial charge in [-0.1, -0.05) is 30.0 Å². The molecule has 0 amide bonds. The number of hydrogen-bond acceptors (Lipinski definition) is 6. The molecule has 17 heavy (non-hydrogen) atoms. The van der Waals surface area contributed by atoms with Crippen molar-refractivity contribution in [1.29, 1.82) is 0 Å². The van der Waals surface area contributed by atoms with E-state index in [4.69, 9.17) is 0 Å². The predicted molar refractivity (Wildman–Crippen MR) is 56.9 cm³/mol. The van der Waals surface area contributed by atoms with E-state index in [0.29, 0.717) is 11.3 Å². The monoisotopic (exact) mass is 286 g/mol. The van der Waals surface area contributed by atoms with Crippen molar-refractivity contribution in [2.45, 2.75) is 29.1 Å². The second kappa shape index (κ2) is 5.67. The van der Waals surface area contributed by atoms with Crippen LogP contribution in [0.5, 0.6) is 0 Å². The number of halogens is 3. The van der Waals surface area contributed by atoms with Crippen LogP contribution in [0.3, 0.4) is 0 Å². The van der Waals surface area contributed by atoms with Crippen LogP contribution in [0.4, 0.5) is 13.2 Å². The second-order valence-electron chi connectivity index (χ2n) is 3.08. The third-order valence-electron chi connectivity index (χ3n) is 1.63. The number of rotatable bonds is 4. The summed E-state index contributed by atoms with van der Waals surface area (Å²) in [6.45, 7) is 1.70. The Bertz CT molecular complexity index is 394. The van der Waals surface area contributed by atoms with Crippen LogP contribution in [-0.2, 0) is 15.7 Å². The van der Waals surface area contributed by atoms with Gasteiger partial charge in [0.05, 0.1) is 13.5 Å². The van der Waals surface area contributed by atoms with Crippen molar-refractivity contribution in [2.24, 2.45) is 0 Å². The summed E-state index contributed by atoms with van der Waals surface area (Å²) in [5, 5.41) is 5.27. The summed E-state index contributed by atoms with van der Waals surface area (Å²) in [6.07, 6.45) is -4.36. The minimum Gasteiger partial charge on any atom is -0.469 e. The minimum absolute atomic E-state index is 0.113. The van der Waals surface area contributed by atoms with Crippen molar-refractivity contribution < 1.29 is 22.7 Å². The van der Waals surface area contributed by atoms with Gasteiger partial charge in [0.2, 0.25) is 5.01 Å². The molecule has 0 N–H and O–H groups in total. The van der Waals surface area contributed by atoms with Gasteiger partial charge in [0.25, 0.3) is 0 Å². The van der Waals surface area contributed by atoms with Gasteiger partial charge in [0.15, 0.2) is 4.34 Å². The molecule has 0 aliphatic rings. The van der Waals surface area contributed by atoms with Crippen LogP contribution in [0.15, 0.2) is 4.34 Å². The standard InChI is InChI=1S/C8H9F3N2O2S2/c1-4(3-5(14)15-2)16-7-13-12-6(17-7)8(9,10)11/h4H,3H2,1-2H3. The molecule has 1 atom stereocenters. The van der Waals surface area contributed by atoms with Crippen LogP contribution >= 0.6 is 23.1 Å². The quantitative estimate of drug-likeness (QED) is 0.629. The minimum atomic E-state index is -4.47. The summed E-state index contributed by atoms with van der Waals surface area (Å²) in [5.41, 5.74) is 0. The maximum absolute atomic E-state index is 12.2. The Balaban J connectivity index is 2.58. The summed E-state index contributed by atoms with van der Waals surface area (Å²) in [7, 11) is 1.26. The molecule has 1 aromatic heterocycles. The van der Waals surface area contributed by atoms with E-state index in [-0.39, 0.29) is 16.0 Å². The predicted octanol–water partition coefficient (Wildman–Crippen LogP) is 2.60. The molecule has 1 rings (SSSR count). The lowest BCUT2D eigenvalue weighted by Gasteiger charge is -2.06. The zero-order chi connectivity index (χ0) is 13.1. The zero-order valence-electron chi connectivity index (χ0n) is 8.95. The fraction of sp³-hybridized carbons (Fsp3) is 0.625. The fourth-order valence-electron chi connectivity index (χ4n) is 0.904. The molecule has 0 spiro atoms. The number of esters is 1. The number of carbonyl (C=O) groups excluding carboxylic acids is 1. The molecule has 1 heterocycles. The summed E-state index contributed by atoms with van der Waals surface area (Å²) in [4.78, 5) is 10.9. The van der Waals surface area contributed by atoms with Crippen molar-refractivity contribution in [1.82, 2.24) is 10.2 Å². The number of thioether (sulfide) groups is 1. The van der Waals surface area contributed by atoms with Gasteiger partial charge >= 0.3 is 12.1 Å². The molecule has 0 bridgehead atoms. The SMILES string of the molecule is COC(=O)CC(C)Sc1nnc(C(F)(F)F)s1. The van der Waals surface area contributed by atoms with E-state index < -0.39 is 17.2 Å². The number of hydrogen-bond donors (Lipinski definition) is 0. The Morgan fingerprint density at radius 1 is 1.53 bits per heavy atom. The van der Waals surface area contributed by atoms with Gasteiger partial charge in [-0.25, -0.2) is 0 Å². The highest BCUT2D eigenvalue weighted by atomic mass is 32.2. The average Bonchev–Trinajstić information content (AvgIpc) is 2.65. The number of carbonyl (C=O) groups is 1. The van der Waals surface area contributed by atoms with Crippen molar-refractivity contribution in [3.63, 3.8) is 0 Å². The van der Waals surface area contributed by atoms with E-state index in [0.717, 1.165) is 11.8 Å². The molecular formula is C8H9F3N2O2S2. The summed E-state index contributed by atoms with van der Waals surface area (Å²) >= 11 is 1.53. The normalized spacial score (nSPS) is 13.5. The maximum Gasteiger partial charge on any atom is 0.445 e. The fourth-order valence-corrected chi connectivity index (χ4v) is 2.92. The Hall–Kier alpha value is -0.830. The van der Waals surface area contributed by atoms with Crippen LogP contribution < -0.4 is 0 Å². The third-order valence-corrected chi connectivity index (χ3v) is 3.79. The molecule has 0 fully saturated rings. The Kier molecular flexibility index (Phi) is 4.75. The van der Waals surface area contributed by atoms with Crippen molar-refractivity contribution in [2.75, 3.05) is 7.11 Å². The van der Waals surface area contributed by atoms with E-state index in [1.807, 2.05) is 0 Å². The molecule has 0 radical (unpaired) electrons. The number of nitrogens with zero attached hydrogens (tertiary/aromatic N) is 2. The van der Waals surface area contributed by atoms with Gasteiger partial charge in [-0.05, 0) is 0 Å². The topological polar surface area (TPSA) is 52.1 Å². The van der Waals surface area contributed by atoms with Gasteiger partial charge in [-0.15, -0.1) is 10.2 Å². The summed E-state index contributed by atoms with van der Waals surface area (Å²) in [6, 6.07) is 0. The molecule has 0 aliphatic carbocycles. The van der Waals surface area contributed by atoms with Crippen LogP contribution in [0.25, 0.3) is 0 Å². The van der Waals surface area contributed by atoms with Gasteiger partial charge in [-0.2, -0.15) is 13.2 Å². The first kappa shape index (κ1) is 14.2. The lowest BCUT2D eigenvalue weighted by molar-refractivity contribution is -0.140. The van der Waals surface area contributed by atoms with E-state index in [1.165, 1.54) is 7.11 Å². The summed E-state index contributed by atoms with van der Waals surface area (Å²) < 4.78 is 41.3. The number of aromatic nitrogens is 2. The number of methoxy groups -OCH3 is 1. The van der Waals surface area contributed by atoms with Crippen molar-refractivity contribution in [3.05, 3.63) is 5.01 Å². The van der Waals surface area contributed by atoms with Crippen molar-refractivity contribution in [3.8, 4) is 0 Å². The molecule has 9 heteroatoms. The van der Waals surface area contributed by atoms with Crippen LogP contribution in [0, 0.1) is 0 Å². The first-order chi connectivity index (χ1) is 7.82. The third kappa shape index (κ3) is 4.50. The Morgan fingerprint density at radius 2 is 2.18 bits per heavy atom. The zero-order valence-corrected chi connectivity index (χ0v) is 10.6. The highest BCUT2D eigenvalue weighted by molar-refractivity contribution is 8.01. The number of ether oxygens (including phenoxy) is 1.